The standard InChI is InChI=1S/C11H16Cl2N2O/c1-15(7-14)4-3-8-5-10(13)11(16-2)6-9(8)12/h5-6H,3-4,7,14H2,1-2H3. The first-order valence-electron chi connectivity index (χ1n) is 4.99. The molecule has 90 valence electrons. The second-order valence-corrected chi connectivity index (χ2v) is 4.40. The Bertz CT molecular complexity index is 358. The van der Waals surface area contributed by atoms with Crippen LogP contribution in [0.3, 0.4) is 0 Å². The Morgan fingerprint density at radius 2 is 2.00 bits per heavy atom. The molecular formula is C11H16Cl2N2O. The lowest BCUT2D eigenvalue weighted by Crippen LogP contribution is -2.27. The van der Waals surface area contributed by atoms with Crippen molar-refractivity contribution in [1.29, 1.82) is 0 Å². The summed E-state index contributed by atoms with van der Waals surface area (Å²) < 4.78 is 5.08. The molecule has 0 aromatic heterocycles. The molecule has 2 N–H and O–H groups in total. The summed E-state index contributed by atoms with van der Waals surface area (Å²) in [6.45, 7) is 1.38. The molecule has 0 radical (unpaired) electrons. The van der Waals surface area contributed by atoms with Gasteiger partial charge in [0.2, 0.25) is 0 Å². The zero-order valence-electron chi connectivity index (χ0n) is 9.46. The number of nitrogens with zero attached hydrogens (tertiary/aromatic N) is 1. The van der Waals surface area contributed by atoms with E-state index in [0.29, 0.717) is 22.5 Å². The minimum absolute atomic E-state index is 0.529. The Labute approximate surface area is 106 Å². The number of benzene rings is 1. The van der Waals surface area contributed by atoms with Crippen LogP contribution in [0.15, 0.2) is 12.1 Å². The Balaban J connectivity index is 2.77. The van der Waals surface area contributed by atoms with Gasteiger partial charge in [0.15, 0.2) is 0 Å². The van der Waals surface area contributed by atoms with Crippen LogP contribution in [0.25, 0.3) is 0 Å². The predicted molar refractivity (Wildman–Crippen MR) is 68.4 cm³/mol. The Morgan fingerprint density at radius 3 is 2.56 bits per heavy atom. The molecule has 16 heavy (non-hydrogen) atoms. The van der Waals surface area contributed by atoms with Gasteiger partial charge in [0.05, 0.1) is 12.1 Å². The molecule has 1 aromatic rings. The Kier molecular flexibility index (Phi) is 5.35. The molecular weight excluding hydrogens is 247 g/mol. The number of hydrogen-bond donors (Lipinski definition) is 1. The Morgan fingerprint density at radius 1 is 1.31 bits per heavy atom. The van der Waals surface area contributed by atoms with Gasteiger partial charge in [-0.15, -0.1) is 0 Å². The molecule has 0 atom stereocenters. The van der Waals surface area contributed by atoms with Crippen LogP contribution < -0.4 is 10.5 Å². The van der Waals surface area contributed by atoms with E-state index in [4.69, 9.17) is 33.7 Å². The van der Waals surface area contributed by atoms with E-state index >= 15 is 0 Å². The van der Waals surface area contributed by atoms with Crippen LogP contribution >= 0.6 is 23.2 Å². The maximum Gasteiger partial charge on any atom is 0.138 e. The molecule has 0 aliphatic rings. The van der Waals surface area contributed by atoms with Crippen LogP contribution in [0.1, 0.15) is 5.56 Å². The van der Waals surface area contributed by atoms with Gasteiger partial charge in [0, 0.05) is 24.3 Å². The highest BCUT2D eigenvalue weighted by atomic mass is 35.5. The maximum absolute atomic E-state index is 6.12. The van der Waals surface area contributed by atoms with Gasteiger partial charge in [-0.05, 0) is 25.1 Å². The molecule has 1 rings (SSSR count). The SMILES string of the molecule is COc1cc(Cl)c(CCN(C)CN)cc1Cl. The highest BCUT2D eigenvalue weighted by molar-refractivity contribution is 6.34. The fraction of sp³-hybridized carbons (Fsp3) is 0.455. The van der Waals surface area contributed by atoms with Gasteiger partial charge < -0.3 is 10.5 Å². The van der Waals surface area contributed by atoms with Crippen molar-refractivity contribution in [3.63, 3.8) is 0 Å². The van der Waals surface area contributed by atoms with Crippen molar-refractivity contribution in [2.45, 2.75) is 6.42 Å². The lowest BCUT2D eigenvalue weighted by molar-refractivity contribution is 0.349. The number of halogens is 2. The number of likely N-dealkylation sites (N-methyl/N-ethyl adjacent to an activating group) is 1. The molecule has 0 saturated carbocycles. The summed E-state index contributed by atoms with van der Waals surface area (Å²) in [5.74, 6) is 0.600. The van der Waals surface area contributed by atoms with Gasteiger partial charge in [0.1, 0.15) is 5.75 Å². The monoisotopic (exact) mass is 262 g/mol. The second kappa shape index (κ2) is 6.30. The number of nitrogens with two attached hydrogens (primary N) is 1. The number of methoxy groups -OCH3 is 1. The third-order valence-corrected chi connectivity index (χ3v) is 3.04. The zero-order chi connectivity index (χ0) is 12.1. The topological polar surface area (TPSA) is 38.5 Å². The smallest absolute Gasteiger partial charge is 0.138 e. The van der Waals surface area contributed by atoms with Gasteiger partial charge in [-0.3, -0.25) is 4.90 Å². The van der Waals surface area contributed by atoms with Crippen LogP contribution in [0.2, 0.25) is 10.0 Å². The normalized spacial score (nSPS) is 10.9. The third-order valence-electron chi connectivity index (χ3n) is 2.40. The second-order valence-electron chi connectivity index (χ2n) is 3.59. The molecule has 0 heterocycles. The molecule has 0 aliphatic carbocycles. The molecule has 3 nitrogen and oxygen atoms in total. The van der Waals surface area contributed by atoms with Gasteiger partial charge in [-0.1, -0.05) is 23.2 Å². The quantitative estimate of drug-likeness (QED) is 0.829. The van der Waals surface area contributed by atoms with E-state index in [1.165, 1.54) is 0 Å². The van der Waals surface area contributed by atoms with E-state index in [0.717, 1.165) is 18.5 Å². The maximum atomic E-state index is 6.12. The van der Waals surface area contributed by atoms with Crippen molar-refractivity contribution in [2.75, 3.05) is 27.4 Å². The molecule has 1 aromatic carbocycles. The first kappa shape index (κ1) is 13.6. The van der Waals surface area contributed by atoms with Crippen LogP contribution in [0.5, 0.6) is 5.75 Å². The van der Waals surface area contributed by atoms with Gasteiger partial charge in [-0.2, -0.15) is 0 Å². The van der Waals surface area contributed by atoms with Crippen molar-refractivity contribution in [3.05, 3.63) is 27.7 Å². The fourth-order valence-electron chi connectivity index (χ4n) is 1.32. The molecule has 0 amide bonds. The summed E-state index contributed by atoms with van der Waals surface area (Å²) >= 11 is 12.1. The Hall–Kier alpha value is -0.480. The average molecular weight is 263 g/mol. The summed E-state index contributed by atoms with van der Waals surface area (Å²) in [4.78, 5) is 2.01. The molecule has 0 bridgehead atoms. The zero-order valence-corrected chi connectivity index (χ0v) is 11.0. The van der Waals surface area contributed by atoms with Crippen molar-refractivity contribution in [3.8, 4) is 5.75 Å². The van der Waals surface area contributed by atoms with Crippen molar-refractivity contribution < 1.29 is 4.74 Å². The van der Waals surface area contributed by atoms with E-state index in [1.807, 2.05) is 18.0 Å². The molecule has 0 saturated heterocycles. The lowest BCUT2D eigenvalue weighted by Gasteiger charge is -2.14. The van der Waals surface area contributed by atoms with Gasteiger partial charge in [0.25, 0.3) is 0 Å². The summed E-state index contributed by atoms with van der Waals surface area (Å²) in [5.41, 5.74) is 6.50. The van der Waals surface area contributed by atoms with E-state index in [9.17, 15) is 0 Å². The van der Waals surface area contributed by atoms with Crippen LogP contribution in [-0.4, -0.2) is 32.3 Å². The summed E-state index contributed by atoms with van der Waals surface area (Å²) in [6, 6.07) is 3.58. The van der Waals surface area contributed by atoms with Gasteiger partial charge in [-0.25, -0.2) is 0 Å². The fourth-order valence-corrected chi connectivity index (χ4v) is 1.83. The summed E-state index contributed by atoms with van der Waals surface area (Å²) in [6.07, 6.45) is 0.816. The van der Waals surface area contributed by atoms with E-state index in [2.05, 4.69) is 0 Å². The average Bonchev–Trinajstić information content (AvgIpc) is 2.29. The highest BCUT2D eigenvalue weighted by Crippen LogP contribution is 2.31. The predicted octanol–water partition coefficient (Wildman–Crippen LogP) is 2.39. The minimum Gasteiger partial charge on any atom is -0.495 e. The molecule has 0 aliphatic heterocycles. The number of rotatable bonds is 5. The summed E-state index contributed by atoms with van der Waals surface area (Å²) in [5, 5.41) is 1.25. The third kappa shape index (κ3) is 3.52. The summed E-state index contributed by atoms with van der Waals surface area (Å²) in [7, 11) is 3.53. The number of ether oxygens (including phenoxy) is 1. The lowest BCUT2D eigenvalue weighted by atomic mass is 10.1. The first-order valence-corrected chi connectivity index (χ1v) is 5.74. The van der Waals surface area contributed by atoms with E-state index < -0.39 is 0 Å². The van der Waals surface area contributed by atoms with E-state index in [1.54, 1.807) is 13.2 Å². The first-order chi connectivity index (χ1) is 7.58. The molecule has 0 fully saturated rings. The van der Waals surface area contributed by atoms with Crippen molar-refractivity contribution in [1.82, 2.24) is 4.90 Å². The number of hydrogen-bond acceptors (Lipinski definition) is 3. The van der Waals surface area contributed by atoms with E-state index in [-0.39, 0.29) is 0 Å². The molecule has 0 spiro atoms. The molecule has 0 unspecified atom stereocenters. The minimum atomic E-state index is 0.529. The van der Waals surface area contributed by atoms with Crippen molar-refractivity contribution in [2.24, 2.45) is 5.73 Å². The largest absolute Gasteiger partial charge is 0.495 e. The highest BCUT2D eigenvalue weighted by Gasteiger charge is 2.08. The molecule has 5 heteroatoms. The van der Waals surface area contributed by atoms with Crippen LogP contribution in [0.4, 0.5) is 0 Å². The van der Waals surface area contributed by atoms with Crippen LogP contribution in [0, 0.1) is 0 Å². The van der Waals surface area contributed by atoms with Gasteiger partial charge >= 0.3 is 0 Å². The van der Waals surface area contributed by atoms with Crippen LogP contribution in [-0.2, 0) is 6.42 Å². The van der Waals surface area contributed by atoms with Crippen molar-refractivity contribution >= 4 is 23.2 Å².